The van der Waals surface area contributed by atoms with Crippen LogP contribution in [0.5, 0.6) is 0 Å². The second kappa shape index (κ2) is 4.87. The third-order valence-corrected chi connectivity index (χ3v) is 3.66. The predicted octanol–water partition coefficient (Wildman–Crippen LogP) is 2.00. The third kappa shape index (κ3) is 2.49. The van der Waals surface area contributed by atoms with Gasteiger partial charge < -0.3 is 5.11 Å². The number of aliphatic hydroxyl groups excluding tert-OH is 1. The number of nitrogens with zero attached hydrogens (tertiary/aromatic N) is 1. The van der Waals surface area contributed by atoms with E-state index in [1.54, 1.807) is 0 Å². The summed E-state index contributed by atoms with van der Waals surface area (Å²) in [5, 5.41) is 21.9. The van der Waals surface area contributed by atoms with E-state index < -0.39 is 0 Å². The first-order valence-corrected chi connectivity index (χ1v) is 6.03. The van der Waals surface area contributed by atoms with Crippen molar-refractivity contribution in [1.82, 2.24) is 5.32 Å². The SMILES string of the molecule is C[C@H](NC(C#N)C1(CO)CC1)c1ccccc1. The molecule has 1 unspecified atom stereocenters. The maximum absolute atomic E-state index is 9.35. The monoisotopic (exact) mass is 230 g/mol. The minimum atomic E-state index is -0.261. The van der Waals surface area contributed by atoms with E-state index in [0.717, 1.165) is 12.8 Å². The van der Waals surface area contributed by atoms with E-state index in [-0.39, 0.29) is 24.1 Å². The normalized spacial score (nSPS) is 20.3. The molecule has 1 aromatic rings. The van der Waals surface area contributed by atoms with Gasteiger partial charge in [-0.15, -0.1) is 0 Å². The first kappa shape index (κ1) is 12.1. The van der Waals surface area contributed by atoms with Crippen molar-refractivity contribution in [3.63, 3.8) is 0 Å². The third-order valence-electron chi connectivity index (χ3n) is 3.66. The number of benzene rings is 1. The lowest BCUT2D eigenvalue weighted by molar-refractivity contribution is 0.185. The molecule has 2 rings (SSSR count). The highest BCUT2D eigenvalue weighted by Gasteiger charge is 2.49. The Morgan fingerprint density at radius 2 is 2.06 bits per heavy atom. The molecule has 3 nitrogen and oxygen atoms in total. The lowest BCUT2D eigenvalue weighted by Gasteiger charge is -2.24. The standard InChI is InChI=1S/C14H18N2O/c1-11(12-5-3-2-4-6-12)16-13(9-15)14(10-17)7-8-14/h2-6,11,13,16-17H,7-8,10H2,1H3/t11-,13?/m0/s1. The van der Waals surface area contributed by atoms with Gasteiger partial charge in [-0.2, -0.15) is 5.26 Å². The summed E-state index contributed by atoms with van der Waals surface area (Å²) in [7, 11) is 0. The summed E-state index contributed by atoms with van der Waals surface area (Å²) >= 11 is 0. The highest BCUT2D eigenvalue weighted by Crippen LogP contribution is 2.48. The minimum absolute atomic E-state index is 0.0970. The lowest BCUT2D eigenvalue weighted by Crippen LogP contribution is -2.39. The van der Waals surface area contributed by atoms with E-state index in [2.05, 4.69) is 11.4 Å². The zero-order valence-electron chi connectivity index (χ0n) is 10.1. The molecule has 1 fully saturated rings. The Hall–Kier alpha value is -1.37. The highest BCUT2D eigenvalue weighted by atomic mass is 16.3. The van der Waals surface area contributed by atoms with Crippen molar-refractivity contribution >= 4 is 0 Å². The topological polar surface area (TPSA) is 56.0 Å². The maximum atomic E-state index is 9.35. The molecular weight excluding hydrogens is 212 g/mol. The van der Waals surface area contributed by atoms with Crippen LogP contribution in [0.3, 0.4) is 0 Å². The molecule has 1 aromatic carbocycles. The smallest absolute Gasteiger partial charge is 0.104 e. The second-order valence-electron chi connectivity index (χ2n) is 4.88. The Morgan fingerprint density at radius 3 is 2.53 bits per heavy atom. The molecule has 0 aliphatic heterocycles. The van der Waals surface area contributed by atoms with E-state index >= 15 is 0 Å². The maximum Gasteiger partial charge on any atom is 0.104 e. The average Bonchev–Trinajstić information content (AvgIpc) is 3.17. The molecule has 90 valence electrons. The molecule has 0 radical (unpaired) electrons. The summed E-state index contributed by atoms with van der Waals surface area (Å²) in [5.74, 6) is 0. The first-order valence-electron chi connectivity index (χ1n) is 6.03. The van der Waals surface area contributed by atoms with Crippen LogP contribution in [0.1, 0.15) is 31.4 Å². The zero-order valence-corrected chi connectivity index (χ0v) is 10.1. The average molecular weight is 230 g/mol. The van der Waals surface area contributed by atoms with Gasteiger partial charge in [0.15, 0.2) is 0 Å². The zero-order chi connectivity index (χ0) is 12.3. The predicted molar refractivity (Wildman–Crippen MR) is 66.1 cm³/mol. The van der Waals surface area contributed by atoms with E-state index in [4.69, 9.17) is 0 Å². The second-order valence-corrected chi connectivity index (χ2v) is 4.88. The van der Waals surface area contributed by atoms with Gasteiger partial charge in [0.2, 0.25) is 0 Å². The van der Waals surface area contributed by atoms with Crippen molar-refractivity contribution < 1.29 is 5.11 Å². The van der Waals surface area contributed by atoms with Gasteiger partial charge in [0.1, 0.15) is 6.04 Å². The first-order chi connectivity index (χ1) is 8.22. The Balaban J connectivity index is 2.03. The number of hydrogen-bond acceptors (Lipinski definition) is 3. The Bertz CT molecular complexity index is 406. The van der Waals surface area contributed by atoms with Crippen LogP contribution in [0.2, 0.25) is 0 Å². The molecule has 0 aromatic heterocycles. The number of nitriles is 1. The Kier molecular flexibility index (Phi) is 3.46. The van der Waals surface area contributed by atoms with Crippen molar-refractivity contribution in [2.45, 2.75) is 31.8 Å². The summed E-state index contributed by atoms with van der Waals surface area (Å²) in [6.07, 6.45) is 1.88. The fourth-order valence-electron chi connectivity index (χ4n) is 2.14. The molecule has 0 spiro atoms. The summed E-state index contributed by atoms with van der Waals surface area (Å²) < 4.78 is 0. The van der Waals surface area contributed by atoms with E-state index in [1.807, 2.05) is 37.3 Å². The molecule has 0 bridgehead atoms. The lowest BCUT2D eigenvalue weighted by atomic mass is 9.96. The molecule has 0 heterocycles. The summed E-state index contributed by atoms with van der Waals surface area (Å²) in [5.41, 5.74) is 0.971. The van der Waals surface area contributed by atoms with Crippen molar-refractivity contribution in [2.24, 2.45) is 5.41 Å². The van der Waals surface area contributed by atoms with Gasteiger partial charge in [-0.05, 0) is 25.3 Å². The van der Waals surface area contributed by atoms with Crippen LogP contribution in [0.15, 0.2) is 30.3 Å². The Labute approximate surface area is 102 Å². The van der Waals surface area contributed by atoms with Crippen molar-refractivity contribution in [3.05, 3.63) is 35.9 Å². The largest absolute Gasteiger partial charge is 0.396 e. The van der Waals surface area contributed by atoms with Crippen LogP contribution >= 0.6 is 0 Å². The number of rotatable bonds is 5. The number of aliphatic hydroxyl groups is 1. The van der Waals surface area contributed by atoms with Crippen molar-refractivity contribution in [3.8, 4) is 6.07 Å². The van der Waals surface area contributed by atoms with Crippen LogP contribution in [0.25, 0.3) is 0 Å². The molecular formula is C14H18N2O. The van der Waals surface area contributed by atoms with Gasteiger partial charge >= 0.3 is 0 Å². The molecule has 1 aliphatic carbocycles. The van der Waals surface area contributed by atoms with Gasteiger partial charge in [0.25, 0.3) is 0 Å². The van der Waals surface area contributed by atoms with Gasteiger partial charge in [0, 0.05) is 11.5 Å². The van der Waals surface area contributed by atoms with E-state index in [9.17, 15) is 10.4 Å². The van der Waals surface area contributed by atoms with Crippen molar-refractivity contribution in [2.75, 3.05) is 6.61 Å². The van der Waals surface area contributed by atoms with Gasteiger partial charge in [-0.3, -0.25) is 5.32 Å². The highest BCUT2D eigenvalue weighted by molar-refractivity contribution is 5.20. The van der Waals surface area contributed by atoms with Crippen LogP contribution in [0, 0.1) is 16.7 Å². The summed E-state index contributed by atoms with van der Waals surface area (Å²) in [6.45, 7) is 2.15. The summed E-state index contributed by atoms with van der Waals surface area (Å²) in [6, 6.07) is 12.2. The van der Waals surface area contributed by atoms with Gasteiger partial charge in [-0.25, -0.2) is 0 Å². The minimum Gasteiger partial charge on any atom is -0.396 e. The fraction of sp³-hybridized carbons (Fsp3) is 0.500. The van der Waals surface area contributed by atoms with Crippen LogP contribution in [0.4, 0.5) is 0 Å². The molecule has 2 atom stereocenters. The molecule has 2 N–H and O–H groups in total. The molecule has 3 heteroatoms. The quantitative estimate of drug-likeness (QED) is 0.813. The summed E-state index contributed by atoms with van der Waals surface area (Å²) in [4.78, 5) is 0. The van der Waals surface area contributed by atoms with Gasteiger partial charge in [-0.1, -0.05) is 30.3 Å². The molecule has 0 saturated heterocycles. The van der Waals surface area contributed by atoms with Crippen molar-refractivity contribution in [1.29, 1.82) is 5.26 Å². The fourth-order valence-corrected chi connectivity index (χ4v) is 2.14. The van der Waals surface area contributed by atoms with Crippen LogP contribution in [-0.2, 0) is 0 Å². The van der Waals surface area contributed by atoms with E-state index in [0.29, 0.717) is 0 Å². The Morgan fingerprint density at radius 1 is 1.41 bits per heavy atom. The molecule has 1 aliphatic rings. The van der Waals surface area contributed by atoms with Gasteiger partial charge in [0.05, 0.1) is 12.7 Å². The number of nitrogens with one attached hydrogen (secondary N) is 1. The molecule has 17 heavy (non-hydrogen) atoms. The van der Waals surface area contributed by atoms with Crippen LogP contribution in [-0.4, -0.2) is 17.8 Å². The number of hydrogen-bond donors (Lipinski definition) is 2. The molecule has 1 saturated carbocycles. The van der Waals surface area contributed by atoms with E-state index in [1.165, 1.54) is 5.56 Å². The van der Waals surface area contributed by atoms with Crippen LogP contribution < -0.4 is 5.32 Å². The molecule has 0 amide bonds.